The molecule has 0 aromatic heterocycles. The molecule has 4 heterocycles. The number of carbonyl (C=O) groups is 2. The quantitative estimate of drug-likeness (QED) is 0.729. The van der Waals surface area contributed by atoms with Crippen molar-refractivity contribution in [2.75, 3.05) is 33.0 Å². The number of allylic oxidation sites excluding steroid dienone is 3. The van der Waals surface area contributed by atoms with E-state index in [9.17, 15) is 9.59 Å². The lowest BCUT2D eigenvalue weighted by molar-refractivity contribution is -0.180. The van der Waals surface area contributed by atoms with Crippen LogP contribution < -0.4 is 9.47 Å². The van der Waals surface area contributed by atoms with Gasteiger partial charge in [-0.1, -0.05) is 18.2 Å². The van der Waals surface area contributed by atoms with Crippen LogP contribution in [0, 0.1) is 17.3 Å². The zero-order valence-electron chi connectivity index (χ0n) is 18.5. The third-order valence-electron chi connectivity index (χ3n) is 8.14. The number of rotatable bonds is 3. The van der Waals surface area contributed by atoms with Crippen molar-refractivity contribution in [3.63, 3.8) is 0 Å². The van der Waals surface area contributed by atoms with Gasteiger partial charge in [0, 0.05) is 38.9 Å². The second-order valence-corrected chi connectivity index (χ2v) is 9.67. The van der Waals surface area contributed by atoms with E-state index in [1.54, 1.807) is 6.92 Å². The standard InChI is InChI=1S/C25H28N2O5/c1-16(28)26-10-8-17(13-26)14-27-22-5-3-4-18-9-11-32-25(23(27)29,24(18,22)2)19-6-7-20-21(12-19)31-15-30-20/h3-7,12,17-18H,8-11,13-15H2,1-2H3. The number of benzene rings is 1. The van der Waals surface area contributed by atoms with Gasteiger partial charge in [-0.2, -0.15) is 0 Å². The topological polar surface area (TPSA) is 68.3 Å². The predicted octanol–water partition coefficient (Wildman–Crippen LogP) is 2.82. The Morgan fingerprint density at radius 2 is 2.06 bits per heavy atom. The fourth-order valence-electron chi connectivity index (χ4n) is 6.43. The number of carbonyl (C=O) groups excluding carboxylic acids is 2. The maximum atomic E-state index is 14.3. The van der Waals surface area contributed by atoms with Gasteiger partial charge in [-0.05, 0) is 55.4 Å². The summed E-state index contributed by atoms with van der Waals surface area (Å²) in [4.78, 5) is 29.9. The second-order valence-electron chi connectivity index (χ2n) is 9.67. The van der Waals surface area contributed by atoms with E-state index in [2.05, 4.69) is 25.2 Å². The fraction of sp³-hybridized carbons (Fsp3) is 0.520. The van der Waals surface area contributed by atoms with E-state index in [1.165, 1.54) is 0 Å². The molecule has 4 unspecified atom stereocenters. The average molecular weight is 437 g/mol. The Morgan fingerprint density at radius 1 is 1.22 bits per heavy atom. The van der Waals surface area contributed by atoms with Gasteiger partial charge < -0.3 is 24.0 Å². The summed E-state index contributed by atoms with van der Waals surface area (Å²) in [6.07, 6.45) is 8.16. The summed E-state index contributed by atoms with van der Waals surface area (Å²) in [6.45, 7) is 6.54. The molecule has 2 amide bonds. The minimum Gasteiger partial charge on any atom is -0.454 e. The first-order chi connectivity index (χ1) is 15.4. The highest BCUT2D eigenvalue weighted by Crippen LogP contribution is 2.64. The first kappa shape index (κ1) is 19.9. The molecule has 0 N–H and O–H groups in total. The molecule has 4 atom stereocenters. The van der Waals surface area contributed by atoms with E-state index in [0.29, 0.717) is 31.2 Å². The zero-order valence-corrected chi connectivity index (χ0v) is 18.5. The lowest BCUT2D eigenvalue weighted by Crippen LogP contribution is -2.55. The molecule has 1 aromatic rings. The average Bonchev–Trinajstić information content (AvgIpc) is 3.48. The smallest absolute Gasteiger partial charge is 0.264 e. The van der Waals surface area contributed by atoms with Crippen LogP contribution in [0.3, 0.4) is 0 Å². The van der Waals surface area contributed by atoms with E-state index in [1.807, 2.05) is 28.0 Å². The van der Waals surface area contributed by atoms with Crippen LogP contribution in [-0.2, 0) is 19.9 Å². The molecule has 1 aromatic carbocycles. The molecule has 6 rings (SSSR count). The summed E-state index contributed by atoms with van der Waals surface area (Å²) < 4.78 is 17.7. The van der Waals surface area contributed by atoms with E-state index < -0.39 is 11.0 Å². The van der Waals surface area contributed by atoms with Gasteiger partial charge in [0.05, 0.1) is 5.41 Å². The van der Waals surface area contributed by atoms with Gasteiger partial charge in [0.15, 0.2) is 17.1 Å². The number of likely N-dealkylation sites (tertiary alicyclic amines) is 2. The molecule has 7 heteroatoms. The molecule has 0 spiro atoms. The summed E-state index contributed by atoms with van der Waals surface area (Å²) in [7, 11) is 0. The number of hydrogen-bond acceptors (Lipinski definition) is 5. The SMILES string of the molecule is CC(=O)N1CCC(CN2C(=O)C3(c4ccc5c(c4)OCO5)OCCC4C=CC=C2C43C)C1. The lowest BCUT2D eigenvalue weighted by atomic mass is 9.59. The maximum absolute atomic E-state index is 14.3. The molecule has 3 saturated heterocycles. The van der Waals surface area contributed by atoms with E-state index >= 15 is 0 Å². The predicted molar refractivity (Wildman–Crippen MR) is 116 cm³/mol. The molecule has 1 aliphatic carbocycles. The van der Waals surface area contributed by atoms with Crippen molar-refractivity contribution in [3.8, 4) is 11.5 Å². The largest absolute Gasteiger partial charge is 0.454 e. The molecule has 3 fully saturated rings. The van der Waals surface area contributed by atoms with Crippen molar-refractivity contribution in [1.29, 1.82) is 0 Å². The van der Waals surface area contributed by atoms with Crippen LogP contribution in [0.25, 0.3) is 0 Å². The molecule has 168 valence electrons. The van der Waals surface area contributed by atoms with Gasteiger partial charge >= 0.3 is 0 Å². The molecular formula is C25H28N2O5. The summed E-state index contributed by atoms with van der Waals surface area (Å²) in [5, 5.41) is 0. The first-order valence-electron chi connectivity index (χ1n) is 11.5. The maximum Gasteiger partial charge on any atom is 0.264 e. The third-order valence-corrected chi connectivity index (χ3v) is 8.14. The normalized spacial score (nSPS) is 34.7. The van der Waals surface area contributed by atoms with E-state index in [4.69, 9.17) is 14.2 Å². The highest BCUT2D eigenvalue weighted by molar-refractivity contribution is 5.94. The van der Waals surface area contributed by atoms with Gasteiger partial charge in [0.25, 0.3) is 5.91 Å². The van der Waals surface area contributed by atoms with Crippen molar-refractivity contribution in [3.05, 3.63) is 47.7 Å². The van der Waals surface area contributed by atoms with Gasteiger partial charge in [-0.3, -0.25) is 9.59 Å². The highest BCUT2D eigenvalue weighted by Gasteiger charge is 2.70. The van der Waals surface area contributed by atoms with Gasteiger partial charge in [-0.25, -0.2) is 0 Å². The van der Waals surface area contributed by atoms with Crippen molar-refractivity contribution in [2.45, 2.75) is 32.3 Å². The molecular weight excluding hydrogens is 408 g/mol. The Hall–Kier alpha value is -2.80. The molecule has 7 nitrogen and oxygen atoms in total. The van der Waals surface area contributed by atoms with E-state index in [-0.39, 0.29) is 30.4 Å². The van der Waals surface area contributed by atoms with Gasteiger partial charge in [0.1, 0.15) is 0 Å². The van der Waals surface area contributed by atoms with Crippen LogP contribution in [0.5, 0.6) is 11.5 Å². The monoisotopic (exact) mass is 436 g/mol. The Balaban J connectivity index is 1.43. The molecule has 0 radical (unpaired) electrons. The third kappa shape index (κ3) is 2.46. The number of nitrogens with zero attached hydrogens (tertiary/aromatic N) is 2. The van der Waals surface area contributed by atoms with Crippen LogP contribution in [-0.4, -0.2) is 54.6 Å². The molecule has 5 aliphatic rings. The Labute approximate surface area is 187 Å². The van der Waals surface area contributed by atoms with E-state index in [0.717, 1.165) is 30.6 Å². The summed E-state index contributed by atoms with van der Waals surface area (Å²) >= 11 is 0. The number of hydrogen-bond donors (Lipinski definition) is 0. The number of ether oxygens (including phenoxy) is 3. The summed E-state index contributed by atoms with van der Waals surface area (Å²) in [5.41, 5.74) is 0.226. The van der Waals surface area contributed by atoms with Gasteiger partial charge in [0.2, 0.25) is 12.7 Å². The molecule has 0 bridgehead atoms. The minimum atomic E-state index is -1.10. The Morgan fingerprint density at radius 3 is 2.88 bits per heavy atom. The van der Waals surface area contributed by atoms with Crippen LogP contribution >= 0.6 is 0 Å². The van der Waals surface area contributed by atoms with Gasteiger partial charge in [-0.15, -0.1) is 0 Å². The van der Waals surface area contributed by atoms with Crippen molar-refractivity contribution >= 4 is 11.8 Å². The summed E-state index contributed by atoms with van der Waals surface area (Å²) in [5.74, 6) is 1.89. The first-order valence-corrected chi connectivity index (χ1v) is 11.5. The lowest BCUT2D eigenvalue weighted by Gasteiger charge is -2.50. The Bertz CT molecular complexity index is 1060. The van der Waals surface area contributed by atoms with Crippen molar-refractivity contribution in [1.82, 2.24) is 9.80 Å². The number of amides is 2. The fourth-order valence-corrected chi connectivity index (χ4v) is 6.43. The molecule has 0 saturated carbocycles. The van der Waals surface area contributed by atoms with Crippen LogP contribution in [0.1, 0.15) is 32.3 Å². The van der Waals surface area contributed by atoms with Crippen molar-refractivity contribution in [2.24, 2.45) is 17.3 Å². The second kappa shape index (κ2) is 6.85. The molecule has 32 heavy (non-hydrogen) atoms. The van der Waals surface area contributed by atoms with Crippen molar-refractivity contribution < 1.29 is 23.8 Å². The summed E-state index contributed by atoms with van der Waals surface area (Å²) in [6, 6.07) is 5.74. The van der Waals surface area contributed by atoms with Crippen LogP contribution in [0.2, 0.25) is 0 Å². The van der Waals surface area contributed by atoms with Crippen LogP contribution in [0.4, 0.5) is 0 Å². The zero-order chi connectivity index (χ0) is 22.1. The minimum absolute atomic E-state index is 0.0141. The molecule has 4 aliphatic heterocycles. The Kier molecular flexibility index (Phi) is 4.25. The highest BCUT2D eigenvalue weighted by atomic mass is 16.7. The number of fused-ring (bicyclic) bond motifs is 1. The van der Waals surface area contributed by atoms with Crippen LogP contribution in [0.15, 0.2) is 42.1 Å².